The highest BCUT2D eigenvalue weighted by Gasteiger charge is 2.16. The molecule has 0 unspecified atom stereocenters. The molecule has 0 aliphatic heterocycles. The lowest BCUT2D eigenvalue weighted by Crippen LogP contribution is -2.16. The van der Waals surface area contributed by atoms with Gasteiger partial charge >= 0.3 is 0 Å². The Morgan fingerprint density at radius 3 is 1.78 bits per heavy atom. The van der Waals surface area contributed by atoms with Crippen LogP contribution in [0.4, 0.5) is 0 Å². The number of thioether (sulfide) groups is 1. The summed E-state index contributed by atoms with van der Waals surface area (Å²) in [6.07, 6.45) is 2.06. The fourth-order valence-electron chi connectivity index (χ4n) is 0.733. The van der Waals surface area contributed by atoms with E-state index in [4.69, 9.17) is 0 Å². The summed E-state index contributed by atoms with van der Waals surface area (Å²) in [7, 11) is 1.84. The van der Waals surface area contributed by atoms with E-state index in [9.17, 15) is 0 Å². The minimum absolute atomic E-state index is 0.230. The maximum absolute atomic E-state index is 4.16. The molecule has 0 saturated heterocycles. The molecular weight excluding hydrogens is 130 g/mol. The van der Waals surface area contributed by atoms with E-state index in [1.807, 2.05) is 7.05 Å². The Morgan fingerprint density at radius 2 is 1.78 bits per heavy atom. The molecule has 0 aliphatic carbocycles. The average Bonchev–Trinajstić information content (AvgIpc) is 1.65. The lowest BCUT2D eigenvalue weighted by Gasteiger charge is -2.18. The third-order valence-corrected chi connectivity index (χ3v) is 2.22. The van der Waals surface area contributed by atoms with E-state index < -0.39 is 0 Å². The van der Waals surface area contributed by atoms with Crippen molar-refractivity contribution in [2.45, 2.75) is 20.8 Å². The summed E-state index contributed by atoms with van der Waals surface area (Å²) in [5.74, 6) is 0. The Bertz CT molecular complexity index is 111. The van der Waals surface area contributed by atoms with E-state index in [1.54, 1.807) is 11.8 Å². The normalized spacial score (nSPS) is 14.1. The van der Waals surface area contributed by atoms with Crippen LogP contribution in [0.5, 0.6) is 0 Å². The van der Waals surface area contributed by atoms with E-state index >= 15 is 0 Å². The monoisotopic (exact) mass is 145 g/mol. The van der Waals surface area contributed by atoms with E-state index in [0.29, 0.717) is 0 Å². The van der Waals surface area contributed by atoms with Gasteiger partial charge in [0.2, 0.25) is 0 Å². The van der Waals surface area contributed by atoms with Crippen molar-refractivity contribution in [3.63, 3.8) is 0 Å². The molecule has 0 atom stereocenters. The van der Waals surface area contributed by atoms with Crippen molar-refractivity contribution < 1.29 is 0 Å². The molecule has 54 valence electrons. The second-order valence-corrected chi connectivity index (χ2v) is 3.78. The maximum Gasteiger partial charge on any atom is 0.0723 e. The van der Waals surface area contributed by atoms with Crippen molar-refractivity contribution in [3.8, 4) is 0 Å². The molecule has 0 radical (unpaired) electrons. The molecule has 0 N–H and O–H groups in total. The quantitative estimate of drug-likeness (QED) is 0.376. The molecule has 0 aliphatic rings. The van der Waals surface area contributed by atoms with E-state index in [1.165, 1.54) is 5.04 Å². The van der Waals surface area contributed by atoms with E-state index in [-0.39, 0.29) is 5.41 Å². The zero-order valence-corrected chi connectivity index (χ0v) is 7.67. The number of hydrogen-bond donors (Lipinski definition) is 0. The molecule has 2 heteroatoms. The van der Waals surface area contributed by atoms with Crippen LogP contribution in [-0.2, 0) is 0 Å². The summed E-state index contributed by atoms with van der Waals surface area (Å²) < 4.78 is 0. The van der Waals surface area contributed by atoms with Gasteiger partial charge in [0.15, 0.2) is 0 Å². The van der Waals surface area contributed by atoms with Crippen LogP contribution in [0.3, 0.4) is 0 Å². The lowest BCUT2D eigenvalue weighted by molar-refractivity contribution is 0.601. The van der Waals surface area contributed by atoms with Gasteiger partial charge in [-0.2, -0.15) is 0 Å². The Kier molecular flexibility index (Phi) is 3.26. The smallest absolute Gasteiger partial charge is 0.0723 e. The molecule has 0 aromatic rings. The molecule has 1 nitrogen and oxygen atoms in total. The highest BCUT2D eigenvalue weighted by molar-refractivity contribution is 8.13. The molecule has 0 rings (SSSR count). The van der Waals surface area contributed by atoms with Crippen molar-refractivity contribution in [2.24, 2.45) is 10.4 Å². The Morgan fingerprint density at radius 1 is 1.33 bits per heavy atom. The molecule has 0 aromatic carbocycles. The van der Waals surface area contributed by atoms with E-state index in [0.717, 1.165) is 0 Å². The highest BCUT2D eigenvalue weighted by Crippen LogP contribution is 2.22. The molecule has 0 aromatic heterocycles. The molecule has 0 saturated carbocycles. The third kappa shape index (κ3) is 2.89. The van der Waals surface area contributed by atoms with Gasteiger partial charge in [-0.1, -0.05) is 20.8 Å². The summed E-state index contributed by atoms with van der Waals surface area (Å²) in [5, 5.41) is 1.21. The van der Waals surface area contributed by atoms with Gasteiger partial charge in [0.25, 0.3) is 0 Å². The molecule has 0 fully saturated rings. The van der Waals surface area contributed by atoms with Crippen LogP contribution < -0.4 is 0 Å². The fourth-order valence-corrected chi connectivity index (χ4v) is 1.53. The van der Waals surface area contributed by atoms with Gasteiger partial charge in [0.1, 0.15) is 0 Å². The predicted octanol–water partition coefficient (Wildman–Crippen LogP) is 2.42. The van der Waals surface area contributed by atoms with Crippen LogP contribution >= 0.6 is 11.8 Å². The third-order valence-electron chi connectivity index (χ3n) is 1.04. The number of aliphatic imine (C=N–C) groups is 1. The summed E-state index contributed by atoms with van der Waals surface area (Å²) in [6.45, 7) is 6.52. The summed E-state index contributed by atoms with van der Waals surface area (Å²) in [5.41, 5.74) is 0.230. The molecule has 0 heterocycles. The topological polar surface area (TPSA) is 12.4 Å². The van der Waals surface area contributed by atoms with Crippen LogP contribution in [0.2, 0.25) is 0 Å². The second kappa shape index (κ2) is 3.25. The molecule has 0 amide bonds. The van der Waals surface area contributed by atoms with E-state index in [2.05, 4.69) is 32.0 Å². The Labute approximate surface area is 61.9 Å². The molecule has 0 spiro atoms. The van der Waals surface area contributed by atoms with Crippen LogP contribution in [0.15, 0.2) is 4.99 Å². The van der Waals surface area contributed by atoms with Gasteiger partial charge in [0.05, 0.1) is 5.04 Å². The fraction of sp³-hybridized carbons (Fsp3) is 0.857. The van der Waals surface area contributed by atoms with Gasteiger partial charge in [0, 0.05) is 12.5 Å². The first kappa shape index (κ1) is 9.02. The second-order valence-electron chi connectivity index (χ2n) is 2.98. The molecular formula is C7H15NS. The summed E-state index contributed by atoms with van der Waals surface area (Å²) in [4.78, 5) is 4.16. The molecule has 0 bridgehead atoms. The lowest BCUT2D eigenvalue weighted by atomic mass is 9.99. The van der Waals surface area contributed by atoms with Crippen molar-refractivity contribution in [3.05, 3.63) is 0 Å². The predicted molar refractivity (Wildman–Crippen MR) is 46.3 cm³/mol. The highest BCUT2D eigenvalue weighted by atomic mass is 32.2. The van der Waals surface area contributed by atoms with Crippen LogP contribution in [0.25, 0.3) is 0 Å². The number of rotatable bonds is 0. The van der Waals surface area contributed by atoms with Crippen LogP contribution in [0.1, 0.15) is 20.8 Å². The minimum atomic E-state index is 0.230. The summed E-state index contributed by atoms with van der Waals surface area (Å²) in [6, 6.07) is 0. The number of nitrogens with zero attached hydrogens (tertiary/aromatic N) is 1. The Hall–Kier alpha value is 0.0200. The van der Waals surface area contributed by atoms with Crippen molar-refractivity contribution in [2.75, 3.05) is 13.3 Å². The van der Waals surface area contributed by atoms with Gasteiger partial charge < -0.3 is 0 Å². The maximum atomic E-state index is 4.16. The zero-order valence-electron chi connectivity index (χ0n) is 6.86. The largest absolute Gasteiger partial charge is 0.286 e. The standard InChI is InChI=1S/C7H15NS/c1-7(2,3)6(8-4)9-5/h1-5H3/b8-6-. The zero-order chi connectivity index (χ0) is 7.49. The minimum Gasteiger partial charge on any atom is -0.286 e. The SMILES string of the molecule is C/N=C(\SC)C(C)(C)C. The first-order valence-electron chi connectivity index (χ1n) is 3.03. The van der Waals surface area contributed by atoms with Crippen LogP contribution in [-0.4, -0.2) is 18.3 Å². The van der Waals surface area contributed by atoms with Gasteiger partial charge in [-0.25, -0.2) is 0 Å². The van der Waals surface area contributed by atoms with Crippen LogP contribution in [0, 0.1) is 5.41 Å². The van der Waals surface area contributed by atoms with Crippen molar-refractivity contribution in [1.29, 1.82) is 0 Å². The summed E-state index contributed by atoms with van der Waals surface area (Å²) >= 11 is 1.73. The Balaban J connectivity index is 4.14. The first-order chi connectivity index (χ1) is 4.02. The first-order valence-corrected chi connectivity index (χ1v) is 4.26. The van der Waals surface area contributed by atoms with Crippen molar-refractivity contribution >= 4 is 16.8 Å². The number of hydrogen-bond acceptors (Lipinski definition) is 2. The van der Waals surface area contributed by atoms with Crippen molar-refractivity contribution in [1.82, 2.24) is 0 Å². The van der Waals surface area contributed by atoms with Gasteiger partial charge in [-0.15, -0.1) is 11.8 Å². The molecule has 9 heavy (non-hydrogen) atoms. The van der Waals surface area contributed by atoms with Gasteiger partial charge in [-0.3, -0.25) is 4.99 Å². The average molecular weight is 145 g/mol. The van der Waals surface area contributed by atoms with Gasteiger partial charge in [-0.05, 0) is 6.26 Å².